The Morgan fingerprint density at radius 2 is 2.30 bits per heavy atom. The fourth-order valence-electron chi connectivity index (χ4n) is 2.45. The first-order valence-electron chi connectivity index (χ1n) is 6.96. The van der Waals surface area contributed by atoms with Crippen molar-refractivity contribution in [2.24, 2.45) is 0 Å². The van der Waals surface area contributed by atoms with Gasteiger partial charge in [0.25, 0.3) is 0 Å². The lowest BCUT2D eigenvalue weighted by Crippen LogP contribution is -2.40. The Morgan fingerprint density at radius 1 is 1.50 bits per heavy atom. The molecule has 0 bridgehead atoms. The predicted molar refractivity (Wildman–Crippen MR) is 72.4 cm³/mol. The van der Waals surface area contributed by atoms with Crippen LogP contribution in [0.4, 0.5) is 4.79 Å². The lowest BCUT2D eigenvalue weighted by Gasteiger charge is -2.23. The first-order chi connectivity index (χ1) is 9.61. The molecule has 2 amide bonds. The molecule has 1 unspecified atom stereocenters. The summed E-state index contributed by atoms with van der Waals surface area (Å²) >= 11 is 0. The van der Waals surface area contributed by atoms with Crippen molar-refractivity contribution in [3.8, 4) is 0 Å². The average Bonchev–Trinajstić information content (AvgIpc) is 3.06. The summed E-state index contributed by atoms with van der Waals surface area (Å²) in [7, 11) is 0. The van der Waals surface area contributed by atoms with E-state index in [2.05, 4.69) is 5.32 Å². The summed E-state index contributed by atoms with van der Waals surface area (Å²) < 4.78 is 5.72. The number of carboxylic acid groups (broad SMARTS) is 1. The number of nitrogens with zero attached hydrogens (tertiary/aromatic N) is 1. The Bertz CT molecular complexity index is 483. The van der Waals surface area contributed by atoms with E-state index in [9.17, 15) is 9.59 Å². The number of carboxylic acids is 1. The summed E-state index contributed by atoms with van der Waals surface area (Å²) in [5.41, 5.74) is 0. The molecule has 0 spiro atoms. The molecule has 1 atom stereocenters. The Balaban J connectivity index is 1.96. The van der Waals surface area contributed by atoms with Crippen LogP contribution in [0, 0.1) is 0 Å². The molecule has 0 aromatic carbocycles. The number of aryl methyl sites for hydroxylation is 1. The molecular weight excluding hydrogens is 260 g/mol. The van der Waals surface area contributed by atoms with E-state index in [0.717, 1.165) is 30.8 Å². The predicted octanol–water partition coefficient (Wildman–Crippen LogP) is 2.16. The van der Waals surface area contributed by atoms with E-state index in [1.165, 1.54) is 0 Å². The Hall–Kier alpha value is -1.98. The van der Waals surface area contributed by atoms with Crippen LogP contribution in [-0.4, -0.2) is 35.1 Å². The van der Waals surface area contributed by atoms with Crippen LogP contribution in [0.5, 0.6) is 0 Å². The molecule has 1 aliphatic rings. The van der Waals surface area contributed by atoms with E-state index in [4.69, 9.17) is 9.52 Å². The SMILES string of the molecule is CCc1ccc(C2CCCN2C(=O)NCCC(=O)O)o1. The highest BCUT2D eigenvalue weighted by Crippen LogP contribution is 2.32. The third-order valence-electron chi connectivity index (χ3n) is 3.49. The number of urea groups is 1. The van der Waals surface area contributed by atoms with Crippen LogP contribution in [0.2, 0.25) is 0 Å². The fourth-order valence-corrected chi connectivity index (χ4v) is 2.45. The summed E-state index contributed by atoms with van der Waals surface area (Å²) in [6.07, 6.45) is 2.57. The van der Waals surface area contributed by atoms with E-state index >= 15 is 0 Å². The zero-order valence-electron chi connectivity index (χ0n) is 11.6. The second kappa shape index (κ2) is 6.45. The maximum atomic E-state index is 12.1. The monoisotopic (exact) mass is 280 g/mol. The summed E-state index contributed by atoms with van der Waals surface area (Å²) in [5, 5.41) is 11.2. The molecule has 2 heterocycles. The first-order valence-corrected chi connectivity index (χ1v) is 6.96. The molecule has 1 aromatic heterocycles. The van der Waals surface area contributed by atoms with Crippen molar-refractivity contribution >= 4 is 12.0 Å². The van der Waals surface area contributed by atoms with Crippen LogP contribution in [0.1, 0.15) is 43.7 Å². The van der Waals surface area contributed by atoms with Crippen LogP contribution >= 0.6 is 0 Å². The van der Waals surface area contributed by atoms with Crippen molar-refractivity contribution in [3.63, 3.8) is 0 Å². The van der Waals surface area contributed by atoms with Gasteiger partial charge in [0.15, 0.2) is 0 Å². The van der Waals surface area contributed by atoms with Gasteiger partial charge in [0, 0.05) is 19.5 Å². The quantitative estimate of drug-likeness (QED) is 0.865. The van der Waals surface area contributed by atoms with E-state index in [1.807, 2.05) is 19.1 Å². The number of nitrogens with one attached hydrogen (secondary N) is 1. The van der Waals surface area contributed by atoms with E-state index < -0.39 is 5.97 Å². The van der Waals surface area contributed by atoms with Gasteiger partial charge in [0.2, 0.25) is 0 Å². The fraction of sp³-hybridized carbons (Fsp3) is 0.571. The normalized spacial score (nSPS) is 18.2. The summed E-state index contributed by atoms with van der Waals surface area (Å²) in [6.45, 7) is 2.84. The molecule has 1 aliphatic heterocycles. The molecule has 1 saturated heterocycles. The number of amides is 2. The molecule has 0 radical (unpaired) electrons. The highest BCUT2D eigenvalue weighted by atomic mass is 16.4. The topological polar surface area (TPSA) is 82.8 Å². The summed E-state index contributed by atoms with van der Waals surface area (Å²) in [4.78, 5) is 24.2. The van der Waals surface area contributed by atoms with Crippen molar-refractivity contribution < 1.29 is 19.1 Å². The minimum Gasteiger partial charge on any atom is -0.481 e. The Labute approximate surface area is 117 Å². The second-order valence-electron chi connectivity index (χ2n) is 4.88. The van der Waals surface area contributed by atoms with Gasteiger partial charge in [-0.1, -0.05) is 6.92 Å². The number of carbonyl (C=O) groups is 2. The van der Waals surface area contributed by atoms with Gasteiger partial charge in [-0.15, -0.1) is 0 Å². The summed E-state index contributed by atoms with van der Waals surface area (Å²) in [5.74, 6) is 0.813. The smallest absolute Gasteiger partial charge is 0.318 e. The molecule has 2 N–H and O–H groups in total. The molecule has 2 rings (SSSR count). The Kier molecular flexibility index (Phi) is 4.65. The molecule has 20 heavy (non-hydrogen) atoms. The minimum atomic E-state index is -0.915. The second-order valence-corrected chi connectivity index (χ2v) is 4.88. The number of hydrogen-bond donors (Lipinski definition) is 2. The summed E-state index contributed by atoms with van der Waals surface area (Å²) in [6, 6.07) is 3.60. The standard InChI is InChI=1S/C14H20N2O4/c1-2-10-5-6-12(20-10)11-4-3-9-16(11)14(19)15-8-7-13(17)18/h5-6,11H,2-4,7-9H2,1H3,(H,15,19)(H,17,18). The highest BCUT2D eigenvalue weighted by Gasteiger charge is 2.31. The Morgan fingerprint density at radius 3 is 2.95 bits per heavy atom. The van der Waals surface area contributed by atoms with Crippen molar-refractivity contribution in [2.45, 2.75) is 38.6 Å². The molecule has 6 nitrogen and oxygen atoms in total. The largest absolute Gasteiger partial charge is 0.481 e. The van der Waals surface area contributed by atoms with Gasteiger partial charge in [0.1, 0.15) is 11.5 Å². The van der Waals surface area contributed by atoms with Gasteiger partial charge < -0.3 is 19.7 Å². The maximum absolute atomic E-state index is 12.1. The first kappa shape index (κ1) is 14.4. The van der Waals surface area contributed by atoms with Gasteiger partial charge >= 0.3 is 12.0 Å². The molecule has 0 saturated carbocycles. The lowest BCUT2D eigenvalue weighted by atomic mass is 10.2. The molecule has 110 valence electrons. The van der Waals surface area contributed by atoms with Crippen LogP contribution in [0.25, 0.3) is 0 Å². The molecule has 6 heteroatoms. The number of carbonyl (C=O) groups excluding carboxylic acids is 1. The van der Waals surface area contributed by atoms with Crippen LogP contribution in [-0.2, 0) is 11.2 Å². The zero-order valence-corrected chi connectivity index (χ0v) is 11.6. The van der Waals surface area contributed by atoms with Gasteiger partial charge in [-0.3, -0.25) is 4.79 Å². The third kappa shape index (κ3) is 3.31. The number of aliphatic carboxylic acids is 1. The third-order valence-corrected chi connectivity index (χ3v) is 3.49. The number of hydrogen-bond acceptors (Lipinski definition) is 3. The van der Waals surface area contributed by atoms with Gasteiger partial charge in [-0.2, -0.15) is 0 Å². The maximum Gasteiger partial charge on any atom is 0.318 e. The van der Waals surface area contributed by atoms with Crippen molar-refractivity contribution in [2.75, 3.05) is 13.1 Å². The number of furan rings is 1. The van der Waals surface area contributed by atoms with E-state index in [0.29, 0.717) is 6.54 Å². The number of rotatable bonds is 5. The zero-order chi connectivity index (χ0) is 14.5. The van der Waals surface area contributed by atoms with E-state index in [-0.39, 0.29) is 25.0 Å². The van der Waals surface area contributed by atoms with Crippen LogP contribution in [0.15, 0.2) is 16.5 Å². The van der Waals surface area contributed by atoms with Crippen LogP contribution < -0.4 is 5.32 Å². The average molecular weight is 280 g/mol. The van der Waals surface area contributed by atoms with Gasteiger partial charge in [0.05, 0.1) is 12.5 Å². The van der Waals surface area contributed by atoms with Crippen LogP contribution in [0.3, 0.4) is 0 Å². The number of likely N-dealkylation sites (tertiary alicyclic amines) is 1. The molecular formula is C14H20N2O4. The van der Waals surface area contributed by atoms with Crippen molar-refractivity contribution in [3.05, 3.63) is 23.7 Å². The van der Waals surface area contributed by atoms with E-state index in [1.54, 1.807) is 4.90 Å². The van der Waals surface area contributed by atoms with Gasteiger partial charge in [-0.05, 0) is 25.0 Å². The van der Waals surface area contributed by atoms with Crippen molar-refractivity contribution in [1.82, 2.24) is 10.2 Å². The minimum absolute atomic E-state index is 0.0415. The molecule has 1 fully saturated rings. The highest BCUT2D eigenvalue weighted by molar-refractivity contribution is 5.76. The lowest BCUT2D eigenvalue weighted by molar-refractivity contribution is -0.136. The van der Waals surface area contributed by atoms with Gasteiger partial charge in [-0.25, -0.2) is 4.79 Å². The van der Waals surface area contributed by atoms with Crippen molar-refractivity contribution in [1.29, 1.82) is 0 Å². The molecule has 0 aliphatic carbocycles. The molecule has 1 aromatic rings.